The minimum absolute atomic E-state index is 0.125. The van der Waals surface area contributed by atoms with Crippen LogP contribution in [0.15, 0.2) is 30.3 Å². The Kier molecular flexibility index (Phi) is 5.11. The summed E-state index contributed by atoms with van der Waals surface area (Å²) in [7, 11) is 0. The molecule has 154 valence electrons. The van der Waals surface area contributed by atoms with Gasteiger partial charge in [-0.25, -0.2) is 9.36 Å². The van der Waals surface area contributed by atoms with Crippen molar-refractivity contribution >= 4 is 11.7 Å². The van der Waals surface area contributed by atoms with E-state index in [-0.39, 0.29) is 16.9 Å². The normalized spacial score (nSPS) is 12.3. The largest absolute Gasteiger partial charge is 0.305 e. The Hall–Kier alpha value is -2.96. The lowest BCUT2D eigenvalue weighted by Crippen LogP contribution is -2.27. The van der Waals surface area contributed by atoms with Crippen molar-refractivity contribution in [3.63, 3.8) is 0 Å². The Morgan fingerprint density at radius 1 is 1.00 bits per heavy atom. The van der Waals surface area contributed by atoms with Crippen molar-refractivity contribution in [3.05, 3.63) is 53.0 Å². The summed E-state index contributed by atoms with van der Waals surface area (Å²) in [5.74, 6) is 0.350. The van der Waals surface area contributed by atoms with E-state index in [0.29, 0.717) is 17.2 Å². The fourth-order valence-electron chi connectivity index (χ4n) is 2.99. The van der Waals surface area contributed by atoms with E-state index in [4.69, 9.17) is 5.10 Å². The number of aryl methyl sites for hydroxylation is 1. The maximum absolute atomic E-state index is 13.0. The Labute approximate surface area is 172 Å². The van der Waals surface area contributed by atoms with Crippen molar-refractivity contribution in [2.75, 3.05) is 5.32 Å². The molecule has 0 saturated carbocycles. The highest BCUT2D eigenvalue weighted by molar-refractivity contribution is 6.03. The third-order valence-corrected chi connectivity index (χ3v) is 4.74. The molecule has 0 aliphatic rings. The number of nitrogens with one attached hydrogen (secondary N) is 1. The number of anilines is 1. The van der Waals surface area contributed by atoms with Gasteiger partial charge in [0.2, 0.25) is 0 Å². The van der Waals surface area contributed by atoms with Crippen LogP contribution in [-0.2, 0) is 11.0 Å². The quantitative estimate of drug-likeness (QED) is 0.715. The van der Waals surface area contributed by atoms with E-state index in [9.17, 15) is 4.79 Å². The molecule has 29 heavy (non-hydrogen) atoms. The fraction of sp³-hybridized carbons (Fsp3) is 0.455. The first-order valence-electron chi connectivity index (χ1n) is 9.79. The molecule has 1 N–H and O–H groups in total. The zero-order chi connectivity index (χ0) is 21.6. The van der Waals surface area contributed by atoms with Crippen LogP contribution in [0.1, 0.15) is 69.0 Å². The second-order valence-electron chi connectivity index (χ2n) is 9.47. The van der Waals surface area contributed by atoms with Gasteiger partial charge in [0.05, 0.1) is 22.6 Å². The summed E-state index contributed by atoms with van der Waals surface area (Å²) in [5, 5.41) is 16.0. The number of rotatable bonds is 3. The zero-order valence-electron chi connectivity index (χ0n) is 18.5. The number of carbonyl (C=O) groups excluding carboxylic acids is 1. The van der Waals surface area contributed by atoms with E-state index in [0.717, 1.165) is 16.9 Å². The predicted molar refractivity (Wildman–Crippen MR) is 115 cm³/mol. The smallest absolute Gasteiger partial charge is 0.279 e. The topological polar surface area (TPSA) is 77.6 Å². The fourth-order valence-corrected chi connectivity index (χ4v) is 2.99. The van der Waals surface area contributed by atoms with Gasteiger partial charge in [0.1, 0.15) is 5.82 Å². The molecule has 2 heterocycles. The van der Waals surface area contributed by atoms with E-state index in [1.165, 1.54) is 0 Å². The lowest BCUT2D eigenvalue weighted by atomic mass is 9.92. The number of benzene rings is 1. The third kappa shape index (κ3) is 4.23. The average molecular weight is 395 g/mol. The number of carbonyl (C=O) groups is 1. The van der Waals surface area contributed by atoms with Crippen LogP contribution in [-0.4, -0.2) is 30.7 Å². The van der Waals surface area contributed by atoms with E-state index in [1.54, 1.807) is 4.68 Å². The van der Waals surface area contributed by atoms with Crippen LogP contribution in [0.25, 0.3) is 5.69 Å². The highest BCUT2D eigenvalue weighted by Crippen LogP contribution is 2.28. The van der Waals surface area contributed by atoms with Crippen LogP contribution in [0.4, 0.5) is 5.82 Å². The molecule has 2 aromatic heterocycles. The second kappa shape index (κ2) is 7.13. The molecule has 0 spiro atoms. The van der Waals surface area contributed by atoms with Gasteiger partial charge in [0, 0.05) is 11.5 Å². The van der Waals surface area contributed by atoms with Crippen molar-refractivity contribution < 1.29 is 4.79 Å². The van der Waals surface area contributed by atoms with Crippen molar-refractivity contribution in [2.24, 2.45) is 0 Å². The van der Waals surface area contributed by atoms with Crippen molar-refractivity contribution in [1.29, 1.82) is 0 Å². The van der Waals surface area contributed by atoms with Gasteiger partial charge in [0.15, 0.2) is 5.69 Å². The van der Waals surface area contributed by atoms with Gasteiger partial charge in [-0.1, -0.05) is 43.7 Å². The van der Waals surface area contributed by atoms with Gasteiger partial charge in [-0.2, -0.15) is 5.10 Å². The molecule has 3 rings (SSSR count). The SMILES string of the molecule is Cc1ccc(-n2nnc(C(=O)Nc3cc(C(C)(C)C)nn3C(C)(C)C)c2C)cc1. The van der Waals surface area contributed by atoms with Gasteiger partial charge >= 0.3 is 0 Å². The molecule has 7 heteroatoms. The van der Waals surface area contributed by atoms with Crippen LogP contribution in [0.3, 0.4) is 0 Å². The Balaban J connectivity index is 1.93. The molecule has 0 aliphatic heterocycles. The van der Waals surface area contributed by atoms with Crippen molar-refractivity contribution in [3.8, 4) is 5.69 Å². The summed E-state index contributed by atoms with van der Waals surface area (Å²) in [6.45, 7) is 16.3. The number of hydrogen-bond acceptors (Lipinski definition) is 4. The van der Waals surface area contributed by atoms with Crippen LogP contribution >= 0.6 is 0 Å². The highest BCUT2D eigenvalue weighted by atomic mass is 16.2. The van der Waals surface area contributed by atoms with Gasteiger partial charge in [0.25, 0.3) is 5.91 Å². The van der Waals surface area contributed by atoms with Crippen molar-refractivity contribution in [2.45, 2.75) is 66.3 Å². The number of amides is 1. The summed E-state index contributed by atoms with van der Waals surface area (Å²) in [6, 6.07) is 9.87. The average Bonchev–Trinajstić information content (AvgIpc) is 3.19. The van der Waals surface area contributed by atoms with Crippen LogP contribution < -0.4 is 5.32 Å². The molecule has 0 saturated heterocycles. The molecule has 1 aromatic carbocycles. The van der Waals surface area contributed by atoms with Crippen LogP contribution in [0, 0.1) is 13.8 Å². The maximum atomic E-state index is 13.0. The molecule has 0 radical (unpaired) electrons. The Bertz CT molecular complexity index is 1030. The molecular formula is C22H30N6O. The van der Waals surface area contributed by atoms with Crippen LogP contribution in [0.5, 0.6) is 0 Å². The molecule has 7 nitrogen and oxygen atoms in total. The lowest BCUT2D eigenvalue weighted by Gasteiger charge is -2.22. The standard InChI is InChI=1S/C22H30N6O/c1-14-9-11-16(12-10-14)27-15(2)19(24-26-27)20(29)23-18-13-17(21(3,4)5)25-28(18)22(6,7)8/h9-13H,1-8H3,(H,23,29). The summed E-state index contributed by atoms with van der Waals surface area (Å²) in [4.78, 5) is 13.0. The summed E-state index contributed by atoms with van der Waals surface area (Å²) in [5.41, 5.74) is 3.53. The summed E-state index contributed by atoms with van der Waals surface area (Å²) < 4.78 is 3.53. The van der Waals surface area contributed by atoms with Gasteiger partial charge < -0.3 is 5.32 Å². The zero-order valence-corrected chi connectivity index (χ0v) is 18.5. The van der Waals surface area contributed by atoms with Gasteiger partial charge in [-0.05, 0) is 46.8 Å². The molecular weight excluding hydrogens is 364 g/mol. The van der Waals surface area contributed by atoms with Crippen molar-refractivity contribution in [1.82, 2.24) is 24.8 Å². The highest BCUT2D eigenvalue weighted by Gasteiger charge is 2.27. The molecule has 0 fully saturated rings. The van der Waals surface area contributed by atoms with E-state index in [1.807, 2.05) is 48.9 Å². The first kappa shape index (κ1) is 20.8. The first-order valence-corrected chi connectivity index (χ1v) is 9.79. The number of aromatic nitrogens is 5. The monoisotopic (exact) mass is 394 g/mol. The maximum Gasteiger partial charge on any atom is 0.279 e. The van der Waals surface area contributed by atoms with E-state index >= 15 is 0 Å². The second-order valence-corrected chi connectivity index (χ2v) is 9.47. The molecule has 0 bridgehead atoms. The van der Waals surface area contributed by atoms with Crippen LogP contribution in [0.2, 0.25) is 0 Å². The number of hydrogen-bond donors (Lipinski definition) is 1. The molecule has 0 unspecified atom stereocenters. The third-order valence-electron chi connectivity index (χ3n) is 4.74. The van der Waals surface area contributed by atoms with Gasteiger partial charge in [-0.15, -0.1) is 5.10 Å². The summed E-state index contributed by atoms with van der Waals surface area (Å²) >= 11 is 0. The molecule has 0 atom stereocenters. The molecule has 1 amide bonds. The van der Waals surface area contributed by atoms with E-state index in [2.05, 4.69) is 57.2 Å². The van der Waals surface area contributed by atoms with Gasteiger partial charge in [-0.3, -0.25) is 4.79 Å². The summed E-state index contributed by atoms with van der Waals surface area (Å²) in [6.07, 6.45) is 0. The van der Waals surface area contributed by atoms with E-state index < -0.39 is 0 Å². The molecule has 0 aliphatic carbocycles. The Morgan fingerprint density at radius 2 is 1.62 bits per heavy atom. The number of nitrogens with zero attached hydrogens (tertiary/aromatic N) is 5. The lowest BCUT2D eigenvalue weighted by molar-refractivity contribution is 0.102. The minimum Gasteiger partial charge on any atom is -0.305 e. The Morgan fingerprint density at radius 3 is 2.17 bits per heavy atom. The first-order chi connectivity index (χ1) is 13.4. The molecule has 3 aromatic rings. The minimum atomic E-state index is -0.299. The predicted octanol–water partition coefficient (Wildman–Crippen LogP) is 4.39.